The van der Waals surface area contributed by atoms with E-state index < -0.39 is 11.7 Å². The van der Waals surface area contributed by atoms with Crippen molar-refractivity contribution in [1.82, 2.24) is 34.8 Å². The smallest absolute Gasteiger partial charge is 0.295 e. The molecule has 0 atom stereocenters. The molecular weight excluding hydrogens is 428 g/mol. The van der Waals surface area contributed by atoms with E-state index in [-0.39, 0.29) is 11.4 Å². The second-order valence-corrected chi connectivity index (χ2v) is 7.43. The van der Waals surface area contributed by atoms with Crippen molar-refractivity contribution in [2.45, 2.75) is 0 Å². The Hall–Kier alpha value is -4.48. The van der Waals surface area contributed by atoms with Crippen LogP contribution in [0.4, 0.5) is 5.95 Å². The molecular formula is C21H20N8O4. The fraction of sp³-hybridized carbons (Fsp3) is 0.238. The van der Waals surface area contributed by atoms with Gasteiger partial charge in [0.05, 0.1) is 23.9 Å². The average Bonchev–Trinajstić information content (AvgIpc) is 3.53. The Morgan fingerprint density at radius 3 is 2.55 bits per heavy atom. The van der Waals surface area contributed by atoms with E-state index in [1.807, 2.05) is 35.2 Å². The molecule has 0 saturated carbocycles. The third kappa shape index (κ3) is 3.50. The van der Waals surface area contributed by atoms with Crippen molar-refractivity contribution in [1.29, 1.82) is 0 Å². The van der Waals surface area contributed by atoms with E-state index in [0.29, 0.717) is 43.4 Å². The standard InChI is InChI=1S/C21H20N8O4/c1-33-16-7-8-28(32)19-17(16)15(13-22-19)18(30)20(31)26-9-11-27(12-10-26)21-23-24-25-29(21)14-5-3-2-4-6-14/h2-8,13,32H,9-12H2,1H3. The molecule has 12 nitrogen and oxygen atoms in total. The van der Waals surface area contributed by atoms with Crippen LogP contribution in [0.25, 0.3) is 17.1 Å². The van der Waals surface area contributed by atoms with Crippen molar-refractivity contribution in [3.05, 3.63) is 54.4 Å². The van der Waals surface area contributed by atoms with Gasteiger partial charge in [-0.25, -0.2) is 4.98 Å². The van der Waals surface area contributed by atoms with Crippen molar-refractivity contribution in [3.63, 3.8) is 0 Å². The van der Waals surface area contributed by atoms with Gasteiger partial charge in [-0.3, -0.25) is 9.59 Å². The van der Waals surface area contributed by atoms with Crippen LogP contribution in [0, 0.1) is 0 Å². The Labute approximate surface area is 187 Å². The number of pyridine rings is 1. The Morgan fingerprint density at radius 1 is 1.06 bits per heavy atom. The predicted octanol–water partition coefficient (Wildman–Crippen LogP) is 0.741. The van der Waals surface area contributed by atoms with E-state index in [4.69, 9.17) is 4.74 Å². The van der Waals surface area contributed by atoms with Gasteiger partial charge in [-0.05, 0) is 22.6 Å². The van der Waals surface area contributed by atoms with Gasteiger partial charge in [-0.1, -0.05) is 23.3 Å². The molecule has 1 aromatic heterocycles. The number of ether oxygens (including phenoxy) is 1. The van der Waals surface area contributed by atoms with Gasteiger partial charge in [0.25, 0.3) is 11.7 Å². The highest BCUT2D eigenvalue weighted by molar-refractivity contribution is 6.44. The quantitative estimate of drug-likeness (QED) is 0.267. The highest BCUT2D eigenvalue weighted by atomic mass is 16.5. The van der Waals surface area contributed by atoms with Gasteiger partial charge >= 0.3 is 0 Å². The summed E-state index contributed by atoms with van der Waals surface area (Å²) < 4.78 is 7.72. The number of piperazine rings is 1. The molecule has 33 heavy (non-hydrogen) atoms. The predicted molar refractivity (Wildman–Crippen MR) is 115 cm³/mol. The number of para-hydroxylation sites is 1. The van der Waals surface area contributed by atoms with Gasteiger partial charge in [0.15, 0.2) is 5.82 Å². The first-order valence-corrected chi connectivity index (χ1v) is 10.2. The number of anilines is 1. The number of fused-ring (bicyclic) bond motifs is 1. The topological polar surface area (TPSA) is 131 Å². The third-order valence-corrected chi connectivity index (χ3v) is 5.60. The number of tetrazole rings is 1. The second-order valence-electron chi connectivity index (χ2n) is 7.43. The number of Topliss-reactive ketones (excluding diaryl/α,β-unsaturated/α-hetero) is 1. The lowest BCUT2D eigenvalue weighted by molar-refractivity contribution is -0.126. The van der Waals surface area contributed by atoms with Crippen LogP contribution < -0.4 is 9.64 Å². The van der Waals surface area contributed by atoms with Crippen LogP contribution in [0.15, 0.2) is 48.8 Å². The summed E-state index contributed by atoms with van der Waals surface area (Å²) >= 11 is 0. The van der Waals surface area contributed by atoms with Crippen molar-refractivity contribution in [2.75, 3.05) is 38.2 Å². The van der Waals surface area contributed by atoms with Gasteiger partial charge in [-0.15, -0.1) is 0 Å². The molecule has 1 fully saturated rings. The zero-order valence-electron chi connectivity index (χ0n) is 17.7. The van der Waals surface area contributed by atoms with E-state index in [2.05, 4.69) is 20.5 Å². The fourth-order valence-electron chi connectivity index (χ4n) is 3.91. The van der Waals surface area contributed by atoms with Crippen LogP contribution in [-0.4, -0.2) is 85.0 Å². The molecule has 0 bridgehead atoms. The van der Waals surface area contributed by atoms with Gasteiger partial charge in [0.1, 0.15) is 5.75 Å². The van der Waals surface area contributed by atoms with Crippen molar-refractivity contribution >= 4 is 17.6 Å². The number of methoxy groups -OCH3 is 1. The number of rotatable bonds is 5. The molecule has 0 unspecified atom stereocenters. The first kappa shape index (κ1) is 20.4. The maximum absolute atomic E-state index is 13.0. The zero-order valence-corrected chi connectivity index (χ0v) is 17.7. The number of benzene rings is 1. The summed E-state index contributed by atoms with van der Waals surface area (Å²) in [5.74, 6) is -0.278. The molecule has 3 aliphatic heterocycles. The van der Waals surface area contributed by atoms with E-state index in [1.165, 1.54) is 30.5 Å². The minimum Gasteiger partial charge on any atom is -0.496 e. The van der Waals surface area contributed by atoms with Crippen LogP contribution in [0.3, 0.4) is 0 Å². The summed E-state index contributed by atoms with van der Waals surface area (Å²) in [6.45, 7) is 1.59. The van der Waals surface area contributed by atoms with Crippen molar-refractivity contribution < 1.29 is 19.5 Å². The zero-order chi connectivity index (χ0) is 22.9. The summed E-state index contributed by atoms with van der Waals surface area (Å²) in [7, 11) is 1.45. The highest BCUT2D eigenvalue weighted by Gasteiger charge is 2.33. The van der Waals surface area contributed by atoms with E-state index in [0.717, 1.165) is 10.4 Å². The molecule has 0 spiro atoms. The van der Waals surface area contributed by atoms with E-state index >= 15 is 0 Å². The summed E-state index contributed by atoms with van der Waals surface area (Å²) in [5, 5.41) is 22.0. The lowest BCUT2D eigenvalue weighted by Gasteiger charge is -2.34. The Balaban J connectivity index is 1.31. The van der Waals surface area contributed by atoms with Crippen LogP contribution in [0.2, 0.25) is 0 Å². The summed E-state index contributed by atoms with van der Waals surface area (Å²) in [4.78, 5) is 33.5. The average molecular weight is 448 g/mol. The number of carbonyl (C=O) groups is 2. The number of amides is 1. The van der Waals surface area contributed by atoms with Gasteiger partial charge < -0.3 is 19.7 Å². The molecule has 1 aromatic carbocycles. The highest BCUT2D eigenvalue weighted by Crippen LogP contribution is 2.34. The van der Waals surface area contributed by atoms with Gasteiger partial charge in [0, 0.05) is 44.6 Å². The Kier molecular flexibility index (Phi) is 5.09. The number of carbonyl (C=O) groups excluding carboxylic acids is 2. The number of ketones is 1. The van der Waals surface area contributed by atoms with E-state index in [1.54, 1.807) is 4.68 Å². The lowest BCUT2D eigenvalue weighted by atomic mass is 10.1. The monoisotopic (exact) mass is 448 g/mol. The van der Waals surface area contributed by atoms with E-state index in [9.17, 15) is 14.8 Å². The lowest BCUT2D eigenvalue weighted by Crippen LogP contribution is -2.51. The second kappa shape index (κ2) is 8.22. The third-order valence-electron chi connectivity index (χ3n) is 5.60. The molecule has 1 N–H and O–H groups in total. The minimum atomic E-state index is -0.704. The maximum Gasteiger partial charge on any atom is 0.295 e. The maximum atomic E-state index is 13.0. The van der Waals surface area contributed by atoms with Gasteiger partial charge in [-0.2, -0.15) is 9.41 Å². The molecule has 5 rings (SSSR count). The van der Waals surface area contributed by atoms with Crippen LogP contribution in [-0.2, 0) is 4.79 Å². The first-order chi connectivity index (χ1) is 16.1. The largest absolute Gasteiger partial charge is 0.496 e. The Bertz CT molecular complexity index is 1280. The van der Waals surface area contributed by atoms with Gasteiger partial charge in [0.2, 0.25) is 5.95 Å². The molecule has 4 heterocycles. The van der Waals surface area contributed by atoms with Crippen molar-refractivity contribution in [2.24, 2.45) is 0 Å². The van der Waals surface area contributed by atoms with Crippen molar-refractivity contribution in [3.8, 4) is 22.8 Å². The summed E-state index contributed by atoms with van der Waals surface area (Å²) in [6.07, 6.45) is 2.64. The normalized spacial score (nSPS) is 14.0. The fourth-order valence-corrected chi connectivity index (χ4v) is 3.91. The SMILES string of the molecule is COc1ccn(O)c2ncc(C(=O)C(=O)N3CCN(c4nnnn4-c4ccccc4)CC3)c1-2. The molecule has 1 saturated heterocycles. The molecule has 0 aliphatic carbocycles. The number of aromatic nitrogens is 6. The molecule has 3 aliphatic rings. The molecule has 1 amide bonds. The molecule has 168 valence electrons. The van der Waals surface area contributed by atoms with Crippen LogP contribution >= 0.6 is 0 Å². The van der Waals surface area contributed by atoms with Crippen LogP contribution in [0.1, 0.15) is 10.4 Å². The molecule has 12 heteroatoms. The number of hydrogen-bond acceptors (Lipinski definition) is 9. The molecule has 2 aromatic rings. The summed E-state index contributed by atoms with van der Waals surface area (Å²) in [5.41, 5.74) is 1.21. The molecule has 0 radical (unpaired) electrons. The Morgan fingerprint density at radius 2 is 1.82 bits per heavy atom. The first-order valence-electron chi connectivity index (χ1n) is 10.2. The van der Waals surface area contributed by atoms with Crippen LogP contribution in [0.5, 0.6) is 5.75 Å². The summed E-state index contributed by atoms with van der Waals surface area (Å²) in [6, 6.07) is 11.0. The number of nitrogens with zero attached hydrogens (tertiary/aromatic N) is 8. The minimum absolute atomic E-state index is 0.0886. The number of hydrogen-bond donors (Lipinski definition) is 1.